The highest BCUT2D eigenvalue weighted by molar-refractivity contribution is 7.39. The van der Waals surface area contributed by atoms with Crippen molar-refractivity contribution in [2.45, 2.75) is 19.8 Å². The number of hydrogen-bond donors (Lipinski definition) is 1. The Morgan fingerprint density at radius 1 is 1.60 bits per heavy atom. The molecule has 0 bridgehead atoms. The molecule has 0 heterocycles. The molecule has 0 fully saturated rings. The second-order valence-electron chi connectivity index (χ2n) is 2.03. The van der Waals surface area contributed by atoms with Crippen molar-refractivity contribution < 1.29 is 9.09 Å². The Balaban J connectivity index is 3.09. The second kappa shape index (κ2) is 7.13. The van der Waals surface area contributed by atoms with Crippen LogP contribution in [-0.4, -0.2) is 19.3 Å². The van der Waals surface area contributed by atoms with Gasteiger partial charge in [0.15, 0.2) is 6.16 Å². The summed E-state index contributed by atoms with van der Waals surface area (Å²) in [5, 5.41) is 0. The first-order chi connectivity index (χ1) is 4.81. The largest absolute Gasteiger partial charge is 0.508 e. The Morgan fingerprint density at radius 3 is 2.80 bits per heavy atom. The molecule has 10 heavy (non-hydrogen) atoms. The van der Waals surface area contributed by atoms with E-state index in [9.17, 15) is 4.57 Å². The van der Waals surface area contributed by atoms with Gasteiger partial charge in [0.05, 0.1) is 0 Å². The quantitative estimate of drug-likeness (QED) is 0.605. The maximum absolute atomic E-state index is 10.8. The van der Waals surface area contributed by atoms with E-state index in [4.69, 9.17) is 10.3 Å². The monoisotopic (exact) mass is 164 g/mol. The van der Waals surface area contributed by atoms with E-state index in [1.165, 1.54) is 0 Å². The van der Waals surface area contributed by atoms with Crippen molar-refractivity contribution in [1.82, 2.24) is 0 Å². The minimum Gasteiger partial charge on any atom is -0.330 e. The summed E-state index contributed by atoms with van der Waals surface area (Å²) in [6.45, 7) is 3.18. The molecule has 2 N–H and O–H groups in total. The van der Waals surface area contributed by atoms with E-state index in [1.54, 1.807) is 0 Å². The van der Waals surface area contributed by atoms with Crippen molar-refractivity contribution in [3.8, 4) is 0 Å². The van der Waals surface area contributed by atoms with E-state index in [0.29, 0.717) is 19.3 Å². The van der Waals surface area contributed by atoms with Crippen LogP contribution in [0.4, 0.5) is 0 Å². The smallest absolute Gasteiger partial charge is 0.330 e. The Kier molecular flexibility index (Phi) is 7.15. The summed E-state index contributed by atoms with van der Waals surface area (Å²) in [5.41, 5.74) is 5.22. The molecule has 0 rings (SSSR count). The molecular formula is C6H15NO2P+. The molecule has 0 aliphatic rings. The van der Waals surface area contributed by atoms with Crippen LogP contribution in [0.3, 0.4) is 0 Å². The van der Waals surface area contributed by atoms with Crippen LogP contribution < -0.4 is 5.73 Å². The predicted molar refractivity (Wildman–Crippen MR) is 42.4 cm³/mol. The van der Waals surface area contributed by atoms with Gasteiger partial charge in [-0.2, -0.15) is 0 Å². The Morgan fingerprint density at radius 2 is 2.30 bits per heavy atom. The lowest BCUT2D eigenvalue weighted by Gasteiger charge is -1.86. The third-order valence-electron chi connectivity index (χ3n) is 0.984. The van der Waals surface area contributed by atoms with Crippen molar-refractivity contribution >= 4 is 8.03 Å². The first kappa shape index (κ1) is 10.0. The Labute approximate surface area is 62.8 Å². The van der Waals surface area contributed by atoms with Crippen LogP contribution in [0.15, 0.2) is 0 Å². The van der Waals surface area contributed by atoms with Crippen molar-refractivity contribution in [2.75, 3.05) is 19.3 Å². The van der Waals surface area contributed by atoms with Crippen LogP contribution in [0.1, 0.15) is 19.8 Å². The molecule has 4 heteroatoms. The van der Waals surface area contributed by atoms with Gasteiger partial charge in [0.1, 0.15) is 6.61 Å². The maximum atomic E-state index is 10.8. The molecule has 0 aliphatic carbocycles. The molecule has 1 atom stereocenters. The number of hydrogen-bond acceptors (Lipinski definition) is 3. The lowest BCUT2D eigenvalue weighted by atomic mass is 10.5. The van der Waals surface area contributed by atoms with Gasteiger partial charge in [-0.25, -0.2) is 0 Å². The fraction of sp³-hybridized carbons (Fsp3) is 1.00. The van der Waals surface area contributed by atoms with Gasteiger partial charge < -0.3 is 5.73 Å². The predicted octanol–water partition coefficient (Wildman–Crippen LogP) is 1.50. The van der Waals surface area contributed by atoms with Gasteiger partial charge in [-0.15, -0.1) is 4.52 Å². The summed E-state index contributed by atoms with van der Waals surface area (Å²) < 4.78 is 15.8. The minimum absolute atomic E-state index is 0.594. The van der Waals surface area contributed by atoms with Crippen LogP contribution in [-0.2, 0) is 9.09 Å². The van der Waals surface area contributed by atoms with E-state index in [0.717, 1.165) is 12.8 Å². The van der Waals surface area contributed by atoms with E-state index in [1.807, 2.05) is 6.92 Å². The second-order valence-corrected chi connectivity index (χ2v) is 3.40. The summed E-state index contributed by atoms with van der Waals surface area (Å²) in [5.74, 6) is 0. The highest BCUT2D eigenvalue weighted by atomic mass is 31.1. The molecule has 0 aromatic heterocycles. The Bertz CT molecular complexity index is 87.7. The molecule has 0 radical (unpaired) electrons. The van der Waals surface area contributed by atoms with Crippen LogP contribution in [0, 0.1) is 0 Å². The van der Waals surface area contributed by atoms with Gasteiger partial charge in [-0.1, -0.05) is 6.92 Å². The molecule has 0 spiro atoms. The fourth-order valence-corrected chi connectivity index (χ4v) is 1.43. The lowest BCUT2D eigenvalue weighted by Crippen LogP contribution is -1.99. The summed E-state index contributed by atoms with van der Waals surface area (Å²) in [6.07, 6.45) is 2.31. The molecule has 0 amide bonds. The molecule has 60 valence electrons. The van der Waals surface area contributed by atoms with Crippen molar-refractivity contribution in [1.29, 1.82) is 0 Å². The van der Waals surface area contributed by atoms with Crippen molar-refractivity contribution in [2.24, 2.45) is 5.73 Å². The van der Waals surface area contributed by atoms with Crippen molar-refractivity contribution in [3.63, 3.8) is 0 Å². The van der Waals surface area contributed by atoms with Crippen molar-refractivity contribution in [3.05, 3.63) is 0 Å². The molecule has 0 saturated carbocycles. The molecular weight excluding hydrogens is 149 g/mol. The van der Waals surface area contributed by atoms with Gasteiger partial charge in [-0.05, 0) is 17.5 Å². The average Bonchev–Trinajstić information content (AvgIpc) is 1.97. The third-order valence-corrected chi connectivity index (χ3v) is 2.14. The molecule has 0 aromatic carbocycles. The van der Waals surface area contributed by atoms with Crippen LogP contribution in [0.2, 0.25) is 0 Å². The molecule has 1 unspecified atom stereocenters. The minimum atomic E-state index is -1.42. The highest BCUT2D eigenvalue weighted by Gasteiger charge is 2.14. The zero-order chi connectivity index (χ0) is 7.82. The van der Waals surface area contributed by atoms with Gasteiger partial charge in [0.25, 0.3) is 0 Å². The first-order valence-electron chi connectivity index (χ1n) is 3.59. The summed E-state index contributed by atoms with van der Waals surface area (Å²) in [6, 6.07) is 0. The molecule has 0 saturated heterocycles. The van der Waals surface area contributed by atoms with Gasteiger partial charge in [0, 0.05) is 6.42 Å². The summed E-state index contributed by atoms with van der Waals surface area (Å²) in [7, 11) is -1.42. The Hall–Kier alpha value is 0.0200. The maximum Gasteiger partial charge on any atom is 0.508 e. The molecule has 0 aromatic rings. The van der Waals surface area contributed by atoms with Gasteiger partial charge in [0.2, 0.25) is 0 Å². The third kappa shape index (κ3) is 6.14. The summed E-state index contributed by atoms with van der Waals surface area (Å²) in [4.78, 5) is 0. The van der Waals surface area contributed by atoms with Crippen LogP contribution in [0.25, 0.3) is 0 Å². The molecule has 0 aliphatic heterocycles. The molecule has 3 nitrogen and oxygen atoms in total. The van der Waals surface area contributed by atoms with E-state index in [2.05, 4.69) is 0 Å². The average molecular weight is 164 g/mol. The van der Waals surface area contributed by atoms with E-state index < -0.39 is 8.03 Å². The zero-order valence-electron chi connectivity index (χ0n) is 6.38. The number of rotatable bonds is 6. The van der Waals surface area contributed by atoms with Crippen LogP contribution in [0.5, 0.6) is 0 Å². The summed E-state index contributed by atoms with van der Waals surface area (Å²) >= 11 is 0. The fourth-order valence-electron chi connectivity index (χ4n) is 0.478. The van der Waals surface area contributed by atoms with Gasteiger partial charge >= 0.3 is 8.03 Å². The van der Waals surface area contributed by atoms with Gasteiger partial charge in [-0.3, -0.25) is 0 Å². The normalized spacial score (nSPS) is 11.6. The highest BCUT2D eigenvalue weighted by Crippen LogP contribution is 2.22. The SMILES string of the molecule is CCCO[P+](=O)CCCN. The van der Waals surface area contributed by atoms with Crippen LogP contribution >= 0.6 is 8.03 Å². The standard InChI is InChI=1S/C6H15NO2P/c1-2-5-9-10(8)6-3-4-7/h2-7H2,1H3/q+1. The van der Waals surface area contributed by atoms with E-state index >= 15 is 0 Å². The zero-order valence-corrected chi connectivity index (χ0v) is 7.27. The van der Waals surface area contributed by atoms with E-state index in [-0.39, 0.29) is 0 Å². The topological polar surface area (TPSA) is 52.3 Å². The first-order valence-corrected chi connectivity index (χ1v) is 4.95. The number of nitrogens with two attached hydrogens (primary N) is 1. The lowest BCUT2D eigenvalue weighted by molar-refractivity contribution is 0.328.